The van der Waals surface area contributed by atoms with Crippen LogP contribution in [0.2, 0.25) is 0 Å². The largest absolute Gasteiger partial charge is 0.508 e. The van der Waals surface area contributed by atoms with Gasteiger partial charge in [0.05, 0.1) is 4.90 Å². The zero-order valence-corrected chi connectivity index (χ0v) is 21.7. The van der Waals surface area contributed by atoms with Crippen LogP contribution < -0.4 is 5.32 Å². The molecule has 0 aliphatic heterocycles. The molecule has 1 amide bonds. The first kappa shape index (κ1) is 27.4. The lowest BCUT2D eigenvalue weighted by Gasteiger charge is -2.33. The number of nitrogens with zero attached hydrogens (tertiary/aromatic N) is 1. The summed E-state index contributed by atoms with van der Waals surface area (Å²) < 4.78 is 28.2. The maximum atomic E-state index is 13.4. The smallest absolute Gasteiger partial charge is 0.253 e. The number of carbonyl (C=O) groups excluding carboxylic acids is 1. The van der Waals surface area contributed by atoms with Crippen LogP contribution in [-0.4, -0.2) is 47.7 Å². The Balaban J connectivity index is 1.89. The standard InChI is InChI=1S/C28H34N2O5S/c1-21(2)20-30(36(34,35)25-15-13-24(31)14-16-25)18-17-28(33,19-23-10-5-4-6-11-23)29-27(32)26-12-8-7-9-22(26)3/h4-16,21,31,33H,17-20H2,1-3H3,(H,29,32). The summed E-state index contributed by atoms with van der Waals surface area (Å²) in [7, 11) is -3.90. The number of nitrogens with one attached hydrogen (secondary N) is 1. The number of phenolic OH excluding ortho intramolecular Hbond substituents is 1. The van der Waals surface area contributed by atoms with Crippen LogP contribution >= 0.6 is 0 Å². The minimum absolute atomic E-state index is 0.0151. The van der Waals surface area contributed by atoms with Crippen LogP contribution in [0.15, 0.2) is 83.8 Å². The Kier molecular flexibility index (Phi) is 8.89. The van der Waals surface area contributed by atoms with Gasteiger partial charge < -0.3 is 15.5 Å². The molecule has 0 heterocycles. The number of hydrogen-bond donors (Lipinski definition) is 3. The number of aliphatic hydroxyl groups is 1. The number of aryl methyl sites for hydroxylation is 1. The van der Waals surface area contributed by atoms with Crippen molar-refractivity contribution in [2.75, 3.05) is 13.1 Å². The SMILES string of the molecule is Cc1ccccc1C(=O)NC(O)(CCN(CC(C)C)S(=O)(=O)c1ccc(O)cc1)Cc1ccccc1. The number of phenols is 1. The molecule has 3 rings (SSSR count). The summed E-state index contributed by atoms with van der Waals surface area (Å²) in [6, 6.07) is 21.7. The maximum Gasteiger partial charge on any atom is 0.253 e. The van der Waals surface area contributed by atoms with Crippen LogP contribution in [0.1, 0.15) is 41.8 Å². The lowest BCUT2D eigenvalue weighted by molar-refractivity contribution is -0.00269. The van der Waals surface area contributed by atoms with E-state index < -0.39 is 21.7 Å². The van der Waals surface area contributed by atoms with Gasteiger partial charge in [0.1, 0.15) is 11.5 Å². The summed E-state index contributed by atoms with van der Waals surface area (Å²) in [5.41, 5.74) is 0.329. The summed E-state index contributed by atoms with van der Waals surface area (Å²) in [6.45, 7) is 5.86. The number of hydrogen-bond acceptors (Lipinski definition) is 5. The second kappa shape index (κ2) is 11.7. The molecular weight excluding hydrogens is 476 g/mol. The summed E-state index contributed by atoms with van der Waals surface area (Å²) >= 11 is 0. The predicted octanol–water partition coefficient (Wildman–Crippen LogP) is 4.10. The Labute approximate surface area is 213 Å². The van der Waals surface area contributed by atoms with Gasteiger partial charge >= 0.3 is 0 Å². The first-order valence-electron chi connectivity index (χ1n) is 11.9. The van der Waals surface area contributed by atoms with E-state index in [0.29, 0.717) is 5.56 Å². The third kappa shape index (κ3) is 7.16. The molecule has 3 N–H and O–H groups in total. The molecular formula is C28H34N2O5S. The van der Waals surface area contributed by atoms with E-state index in [1.54, 1.807) is 12.1 Å². The second-order valence-electron chi connectivity index (χ2n) is 9.46. The molecule has 0 aromatic heterocycles. The minimum Gasteiger partial charge on any atom is -0.508 e. The van der Waals surface area contributed by atoms with Gasteiger partial charge in [-0.05, 0) is 54.3 Å². The van der Waals surface area contributed by atoms with Gasteiger partial charge in [0, 0.05) is 31.5 Å². The van der Waals surface area contributed by atoms with Crippen molar-refractivity contribution in [3.63, 3.8) is 0 Å². The zero-order valence-electron chi connectivity index (χ0n) is 20.9. The van der Waals surface area contributed by atoms with Crippen LogP contribution in [0.4, 0.5) is 0 Å². The highest BCUT2D eigenvalue weighted by molar-refractivity contribution is 7.89. The van der Waals surface area contributed by atoms with Crippen molar-refractivity contribution < 1.29 is 23.4 Å². The van der Waals surface area contributed by atoms with E-state index in [2.05, 4.69) is 5.32 Å². The summed E-state index contributed by atoms with van der Waals surface area (Å²) in [5.74, 6) is -0.426. The Morgan fingerprint density at radius 3 is 2.19 bits per heavy atom. The highest BCUT2D eigenvalue weighted by Crippen LogP contribution is 2.23. The van der Waals surface area contributed by atoms with Gasteiger partial charge in [0.2, 0.25) is 10.0 Å². The molecule has 0 bridgehead atoms. The predicted molar refractivity (Wildman–Crippen MR) is 140 cm³/mol. The molecule has 0 spiro atoms. The van der Waals surface area contributed by atoms with Crippen LogP contribution in [0.3, 0.4) is 0 Å². The van der Waals surface area contributed by atoms with Gasteiger partial charge in [-0.25, -0.2) is 8.42 Å². The van der Waals surface area contributed by atoms with E-state index in [-0.39, 0.29) is 42.5 Å². The van der Waals surface area contributed by atoms with Crippen LogP contribution in [0.5, 0.6) is 5.75 Å². The van der Waals surface area contributed by atoms with Crippen molar-refractivity contribution in [1.82, 2.24) is 9.62 Å². The number of aromatic hydroxyl groups is 1. The fourth-order valence-corrected chi connectivity index (χ4v) is 5.63. The first-order valence-corrected chi connectivity index (χ1v) is 13.4. The summed E-state index contributed by atoms with van der Waals surface area (Å²) in [6.07, 6.45) is 0.0871. The van der Waals surface area contributed by atoms with Gasteiger partial charge in [-0.2, -0.15) is 4.31 Å². The van der Waals surface area contributed by atoms with E-state index in [1.165, 1.54) is 28.6 Å². The average molecular weight is 511 g/mol. The molecule has 0 saturated heterocycles. The molecule has 0 radical (unpaired) electrons. The molecule has 3 aromatic carbocycles. The highest BCUT2D eigenvalue weighted by atomic mass is 32.2. The fraction of sp³-hybridized carbons (Fsp3) is 0.321. The number of sulfonamides is 1. The Morgan fingerprint density at radius 2 is 1.58 bits per heavy atom. The lowest BCUT2D eigenvalue weighted by Crippen LogP contribution is -2.52. The molecule has 192 valence electrons. The van der Waals surface area contributed by atoms with E-state index in [4.69, 9.17) is 0 Å². The molecule has 0 aliphatic carbocycles. The fourth-order valence-electron chi connectivity index (χ4n) is 4.03. The van der Waals surface area contributed by atoms with E-state index in [0.717, 1.165) is 11.1 Å². The van der Waals surface area contributed by atoms with Crippen LogP contribution in [0.25, 0.3) is 0 Å². The Morgan fingerprint density at radius 1 is 0.972 bits per heavy atom. The van der Waals surface area contributed by atoms with Crippen molar-refractivity contribution in [3.8, 4) is 5.75 Å². The number of amides is 1. The summed E-state index contributed by atoms with van der Waals surface area (Å²) in [4.78, 5) is 13.2. The van der Waals surface area contributed by atoms with Crippen molar-refractivity contribution in [3.05, 3.63) is 95.6 Å². The van der Waals surface area contributed by atoms with E-state index in [9.17, 15) is 23.4 Å². The molecule has 1 unspecified atom stereocenters. The summed E-state index contributed by atoms with van der Waals surface area (Å²) in [5, 5.41) is 24.0. The van der Waals surface area contributed by atoms with Crippen molar-refractivity contribution >= 4 is 15.9 Å². The molecule has 3 aromatic rings. The minimum atomic E-state index is -3.90. The third-order valence-corrected chi connectivity index (χ3v) is 7.77. The highest BCUT2D eigenvalue weighted by Gasteiger charge is 2.33. The normalized spacial score (nSPS) is 13.5. The number of benzene rings is 3. The van der Waals surface area contributed by atoms with Crippen molar-refractivity contribution in [2.45, 2.75) is 44.2 Å². The molecule has 8 heteroatoms. The Bertz CT molecular complexity index is 1260. The quantitative estimate of drug-likeness (QED) is 0.337. The molecule has 0 fully saturated rings. The number of rotatable bonds is 11. The lowest BCUT2D eigenvalue weighted by atomic mass is 9.98. The maximum absolute atomic E-state index is 13.4. The molecule has 1 atom stereocenters. The van der Waals surface area contributed by atoms with Crippen LogP contribution in [-0.2, 0) is 16.4 Å². The van der Waals surface area contributed by atoms with Crippen molar-refractivity contribution in [1.29, 1.82) is 0 Å². The van der Waals surface area contributed by atoms with Gasteiger partial charge in [0.25, 0.3) is 5.91 Å². The Hall–Kier alpha value is -3.20. The van der Waals surface area contributed by atoms with Gasteiger partial charge in [-0.3, -0.25) is 4.79 Å². The molecule has 36 heavy (non-hydrogen) atoms. The topological polar surface area (TPSA) is 107 Å². The van der Waals surface area contributed by atoms with Gasteiger partial charge in [0.15, 0.2) is 0 Å². The van der Waals surface area contributed by atoms with Gasteiger partial charge in [-0.15, -0.1) is 0 Å². The monoisotopic (exact) mass is 510 g/mol. The molecule has 7 nitrogen and oxygen atoms in total. The van der Waals surface area contributed by atoms with E-state index >= 15 is 0 Å². The second-order valence-corrected chi connectivity index (χ2v) is 11.4. The van der Waals surface area contributed by atoms with Crippen molar-refractivity contribution in [2.24, 2.45) is 5.92 Å². The van der Waals surface area contributed by atoms with Gasteiger partial charge in [-0.1, -0.05) is 62.4 Å². The zero-order chi connectivity index (χ0) is 26.3. The number of carbonyl (C=O) groups is 1. The third-order valence-electron chi connectivity index (χ3n) is 5.89. The molecule has 0 aliphatic rings. The van der Waals surface area contributed by atoms with Crippen LogP contribution in [0, 0.1) is 12.8 Å². The first-order chi connectivity index (χ1) is 17.0. The molecule has 0 saturated carbocycles. The average Bonchev–Trinajstić information content (AvgIpc) is 2.82. The van der Waals surface area contributed by atoms with E-state index in [1.807, 2.05) is 63.2 Å².